The third kappa shape index (κ3) is 20.0. The van der Waals surface area contributed by atoms with Gasteiger partial charge < -0.3 is 20.1 Å². The van der Waals surface area contributed by atoms with E-state index in [1.165, 1.54) is 148 Å². The van der Waals surface area contributed by atoms with E-state index in [-0.39, 0.29) is 5.56 Å². The first-order chi connectivity index (χ1) is 19.6. The largest absolute Gasteiger partial charge is 0.504 e. The third-order valence-corrected chi connectivity index (χ3v) is 8.04. The quantitative estimate of drug-likeness (QED) is 0.0537. The molecule has 1 aromatic carbocycles. The van der Waals surface area contributed by atoms with Gasteiger partial charge in [-0.3, -0.25) is 0 Å². The molecule has 5 nitrogen and oxygen atoms in total. The van der Waals surface area contributed by atoms with Crippen molar-refractivity contribution < 1.29 is 24.9 Å². The average Bonchev–Trinajstić information content (AvgIpc) is 2.95. The van der Waals surface area contributed by atoms with Crippen molar-refractivity contribution in [2.45, 2.75) is 174 Å². The molecule has 1 rings (SSSR count). The van der Waals surface area contributed by atoms with Crippen molar-refractivity contribution in [1.29, 1.82) is 0 Å². The van der Waals surface area contributed by atoms with Gasteiger partial charge in [-0.15, -0.1) is 0 Å². The van der Waals surface area contributed by atoms with Crippen LogP contribution < -0.4 is 0 Å². The van der Waals surface area contributed by atoms with Crippen LogP contribution in [0.15, 0.2) is 12.1 Å². The van der Waals surface area contributed by atoms with Crippen LogP contribution in [-0.4, -0.2) is 27.9 Å². The van der Waals surface area contributed by atoms with Crippen molar-refractivity contribution in [1.82, 2.24) is 0 Å². The minimum Gasteiger partial charge on any atom is -0.504 e. The van der Waals surface area contributed by atoms with Crippen molar-refractivity contribution in [3.05, 3.63) is 17.7 Å². The summed E-state index contributed by atoms with van der Waals surface area (Å²) in [6, 6.07) is 2.19. The zero-order chi connectivity index (χ0) is 29.1. The maximum atomic E-state index is 12.0. The number of benzene rings is 1. The fourth-order valence-corrected chi connectivity index (χ4v) is 5.39. The number of aromatic hydroxyl groups is 3. The molecule has 0 atom stereocenters. The van der Waals surface area contributed by atoms with Gasteiger partial charge in [0.15, 0.2) is 17.2 Å². The number of esters is 1. The van der Waals surface area contributed by atoms with Gasteiger partial charge in [0.25, 0.3) is 0 Å². The minimum atomic E-state index is -0.632. The highest BCUT2D eigenvalue weighted by atomic mass is 16.5. The Hall–Kier alpha value is -1.91. The van der Waals surface area contributed by atoms with Crippen LogP contribution in [0, 0.1) is 0 Å². The molecular weight excluding hydrogens is 500 g/mol. The molecule has 0 aliphatic rings. The Balaban J connectivity index is 1.74. The average molecular weight is 563 g/mol. The van der Waals surface area contributed by atoms with E-state index < -0.39 is 23.2 Å². The predicted molar refractivity (Wildman–Crippen MR) is 167 cm³/mol. The first-order valence-electron chi connectivity index (χ1n) is 17.0. The number of hydrogen-bond donors (Lipinski definition) is 3. The maximum absolute atomic E-state index is 12.0. The summed E-state index contributed by atoms with van der Waals surface area (Å²) < 4.78 is 5.19. The lowest BCUT2D eigenvalue weighted by Crippen LogP contribution is -2.06. The molecule has 5 heteroatoms. The van der Waals surface area contributed by atoms with Crippen LogP contribution in [0.25, 0.3) is 0 Å². The first-order valence-corrected chi connectivity index (χ1v) is 17.0. The van der Waals surface area contributed by atoms with Crippen LogP contribution in [0.2, 0.25) is 0 Å². The molecule has 40 heavy (non-hydrogen) atoms. The van der Waals surface area contributed by atoms with Gasteiger partial charge in [0, 0.05) is 0 Å². The lowest BCUT2D eigenvalue weighted by molar-refractivity contribution is 0.0496. The van der Waals surface area contributed by atoms with Gasteiger partial charge in [-0.2, -0.15) is 0 Å². The molecule has 0 aliphatic heterocycles. The molecule has 0 saturated carbocycles. The summed E-state index contributed by atoms with van der Waals surface area (Å²) in [4.78, 5) is 12.0. The highest BCUT2D eigenvalue weighted by molar-refractivity contribution is 5.91. The number of hydrogen-bond acceptors (Lipinski definition) is 5. The Morgan fingerprint density at radius 2 is 0.775 bits per heavy atom. The van der Waals surface area contributed by atoms with Gasteiger partial charge in [0.05, 0.1) is 12.2 Å². The lowest BCUT2D eigenvalue weighted by Gasteiger charge is -2.07. The molecule has 0 aliphatic carbocycles. The molecule has 0 amide bonds. The number of carbonyl (C=O) groups is 1. The van der Waals surface area contributed by atoms with E-state index in [0.29, 0.717) is 6.61 Å². The predicted octanol–water partition coefficient (Wildman–Crippen LogP) is 11.1. The topological polar surface area (TPSA) is 87.0 Å². The Morgan fingerprint density at radius 3 is 1.07 bits per heavy atom. The molecular formula is C35H62O5. The van der Waals surface area contributed by atoms with E-state index in [0.717, 1.165) is 31.4 Å². The van der Waals surface area contributed by atoms with Crippen molar-refractivity contribution in [2.24, 2.45) is 0 Å². The molecule has 3 N–H and O–H groups in total. The second kappa shape index (κ2) is 26.0. The number of unbranched alkanes of at least 4 members (excludes halogenated alkanes) is 25. The van der Waals surface area contributed by atoms with Crippen molar-refractivity contribution >= 4 is 5.97 Å². The Kier molecular flexibility index (Phi) is 23.5. The summed E-state index contributed by atoms with van der Waals surface area (Å²) in [5.41, 5.74) is 0.0302. The summed E-state index contributed by atoms with van der Waals surface area (Å²) in [6.07, 6.45) is 35.3. The molecule has 0 unspecified atom stereocenters. The normalized spacial score (nSPS) is 11.2. The van der Waals surface area contributed by atoms with E-state index in [2.05, 4.69) is 6.92 Å². The summed E-state index contributed by atoms with van der Waals surface area (Å²) in [7, 11) is 0. The second-order valence-electron chi connectivity index (χ2n) is 11.8. The highest BCUT2D eigenvalue weighted by Crippen LogP contribution is 2.35. The van der Waals surface area contributed by atoms with Crippen LogP contribution >= 0.6 is 0 Å². The van der Waals surface area contributed by atoms with Crippen molar-refractivity contribution in [3.63, 3.8) is 0 Å². The van der Waals surface area contributed by atoms with E-state index in [1.807, 2.05) is 0 Å². The van der Waals surface area contributed by atoms with E-state index in [1.54, 1.807) is 0 Å². The molecule has 0 radical (unpaired) electrons. The third-order valence-electron chi connectivity index (χ3n) is 8.04. The fourth-order valence-electron chi connectivity index (χ4n) is 5.39. The Morgan fingerprint density at radius 1 is 0.500 bits per heavy atom. The molecule has 0 bridgehead atoms. The zero-order valence-electron chi connectivity index (χ0n) is 25.9. The van der Waals surface area contributed by atoms with Crippen LogP contribution in [0.3, 0.4) is 0 Å². The molecule has 232 valence electrons. The molecule has 0 aromatic heterocycles. The first kappa shape index (κ1) is 36.1. The van der Waals surface area contributed by atoms with E-state index >= 15 is 0 Å². The smallest absolute Gasteiger partial charge is 0.338 e. The van der Waals surface area contributed by atoms with Crippen LogP contribution in [0.4, 0.5) is 0 Å². The van der Waals surface area contributed by atoms with Crippen molar-refractivity contribution in [3.8, 4) is 17.2 Å². The second-order valence-corrected chi connectivity index (χ2v) is 11.8. The van der Waals surface area contributed by atoms with Gasteiger partial charge in [0.1, 0.15) is 0 Å². The van der Waals surface area contributed by atoms with Crippen LogP contribution in [-0.2, 0) is 4.74 Å². The summed E-state index contributed by atoms with van der Waals surface area (Å²) in [5, 5.41) is 28.3. The zero-order valence-corrected chi connectivity index (χ0v) is 25.9. The van der Waals surface area contributed by atoms with Gasteiger partial charge in [-0.05, 0) is 18.6 Å². The minimum absolute atomic E-state index is 0.0302. The Bertz CT molecular complexity index is 709. The lowest BCUT2D eigenvalue weighted by atomic mass is 10.0. The highest BCUT2D eigenvalue weighted by Gasteiger charge is 2.14. The summed E-state index contributed by atoms with van der Waals surface area (Å²) in [6.45, 7) is 2.61. The summed E-state index contributed by atoms with van der Waals surface area (Å²) >= 11 is 0. The summed E-state index contributed by atoms with van der Waals surface area (Å²) in [5.74, 6) is -2.31. The number of phenols is 3. The Labute approximate surface area is 246 Å². The van der Waals surface area contributed by atoms with Gasteiger partial charge in [0.2, 0.25) is 0 Å². The standard InChI is InChI=1S/C35H62O5/c1-2-3-4-5-6-7-8-9-10-11-12-13-14-15-16-17-18-19-20-21-22-23-24-25-26-27-28-40-35(39)31-29-32(36)34(38)33(37)30-31/h29-30,36-38H,2-28H2,1H3. The molecule has 0 heterocycles. The van der Waals surface area contributed by atoms with Gasteiger partial charge >= 0.3 is 5.97 Å². The van der Waals surface area contributed by atoms with Crippen molar-refractivity contribution in [2.75, 3.05) is 6.61 Å². The maximum Gasteiger partial charge on any atom is 0.338 e. The molecule has 0 saturated heterocycles. The number of ether oxygens (including phenoxy) is 1. The fraction of sp³-hybridized carbons (Fsp3) is 0.800. The van der Waals surface area contributed by atoms with Gasteiger partial charge in [-0.25, -0.2) is 4.79 Å². The molecule has 0 fully saturated rings. The molecule has 0 spiro atoms. The monoisotopic (exact) mass is 562 g/mol. The number of carbonyl (C=O) groups excluding carboxylic acids is 1. The van der Waals surface area contributed by atoms with Crippen LogP contribution in [0.1, 0.15) is 184 Å². The van der Waals surface area contributed by atoms with E-state index in [9.17, 15) is 20.1 Å². The van der Waals surface area contributed by atoms with E-state index in [4.69, 9.17) is 4.74 Å². The van der Waals surface area contributed by atoms with Gasteiger partial charge in [-0.1, -0.05) is 167 Å². The SMILES string of the molecule is CCCCCCCCCCCCCCCCCCCCCCCCCCCCOC(=O)c1cc(O)c(O)c(O)c1. The van der Waals surface area contributed by atoms with Crippen LogP contribution in [0.5, 0.6) is 17.2 Å². The molecule has 1 aromatic rings. The number of rotatable bonds is 28. The number of phenolic OH excluding ortho intramolecular Hbond substituents is 3.